The molecule has 3 aromatic rings. The molecule has 7 nitrogen and oxygen atoms in total. The second-order valence-electron chi connectivity index (χ2n) is 5.86. The van der Waals surface area contributed by atoms with Crippen molar-refractivity contribution >= 4 is 5.91 Å². The standard InChI is InChI=1S/C17H16N4O3/c1-11-4-5-12(9-18-11)17(22)21-7-6-13(10-21)15-19-16(24-20-15)14-3-2-8-23-14/h2-5,8-9,13H,6-7,10H2,1H3. The Morgan fingerprint density at radius 2 is 2.25 bits per heavy atom. The summed E-state index contributed by atoms with van der Waals surface area (Å²) in [4.78, 5) is 22.9. The van der Waals surface area contributed by atoms with E-state index in [1.54, 1.807) is 35.6 Å². The van der Waals surface area contributed by atoms with Gasteiger partial charge in [-0.3, -0.25) is 9.78 Å². The number of aryl methyl sites for hydroxylation is 1. The number of amides is 1. The van der Waals surface area contributed by atoms with E-state index >= 15 is 0 Å². The minimum absolute atomic E-state index is 0.0141. The Labute approximate surface area is 138 Å². The van der Waals surface area contributed by atoms with E-state index in [0.717, 1.165) is 12.1 Å². The molecular formula is C17H16N4O3. The zero-order chi connectivity index (χ0) is 16.5. The lowest BCUT2D eigenvalue weighted by atomic mass is 10.1. The van der Waals surface area contributed by atoms with Crippen molar-refractivity contribution in [3.05, 3.63) is 53.8 Å². The lowest BCUT2D eigenvalue weighted by molar-refractivity contribution is 0.0790. The van der Waals surface area contributed by atoms with Gasteiger partial charge in [0.25, 0.3) is 11.8 Å². The van der Waals surface area contributed by atoms with Crippen molar-refractivity contribution in [3.8, 4) is 11.7 Å². The van der Waals surface area contributed by atoms with E-state index in [-0.39, 0.29) is 11.8 Å². The summed E-state index contributed by atoms with van der Waals surface area (Å²) in [5, 5.41) is 4.04. The van der Waals surface area contributed by atoms with E-state index in [1.165, 1.54) is 0 Å². The number of aromatic nitrogens is 3. The lowest BCUT2D eigenvalue weighted by Crippen LogP contribution is -2.28. The predicted octanol–water partition coefficient (Wildman–Crippen LogP) is 2.66. The van der Waals surface area contributed by atoms with Crippen LogP contribution in [0.25, 0.3) is 11.7 Å². The van der Waals surface area contributed by atoms with Gasteiger partial charge in [0, 0.05) is 30.9 Å². The van der Waals surface area contributed by atoms with Gasteiger partial charge in [-0.1, -0.05) is 5.16 Å². The Balaban J connectivity index is 1.46. The first-order valence-corrected chi connectivity index (χ1v) is 7.80. The fourth-order valence-electron chi connectivity index (χ4n) is 2.83. The van der Waals surface area contributed by atoms with Gasteiger partial charge in [-0.05, 0) is 37.6 Å². The molecule has 4 heterocycles. The van der Waals surface area contributed by atoms with Gasteiger partial charge < -0.3 is 13.8 Å². The van der Waals surface area contributed by atoms with E-state index in [1.807, 2.05) is 13.0 Å². The molecule has 1 unspecified atom stereocenters. The SMILES string of the molecule is Cc1ccc(C(=O)N2CCC(c3noc(-c4ccco4)n3)C2)cn1. The summed E-state index contributed by atoms with van der Waals surface area (Å²) in [7, 11) is 0. The van der Waals surface area contributed by atoms with E-state index in [0.29, 0.717) is 36.1 Å². The normalized spacial score (nSPS) is 17.4. The lowest BCUT2D eigenvalue weighted by Gasteiger charge is -2.15. The van der Waals surface area contributed by atoms with Crippen LogP contribution in [0, 0.1) is 6.92 Å². The van der Waals surface area contributed by atoms with Crippen molar-refractivity contribution in [1.29, 1.82) is 0 Å². The van der Waals surface area contributed by atoms with E-state index in [2.05, 4.69) is 15.1 Å². The number of hydrogen-bond acceptors (Lipinski definition) is 6. The fourth-order valence-corrected chi connectivity index (χ4v) is 2.83. The minimum atomic E-state index is -0.0141. The highest BCUT2D eigenvalue weighted by molar-refractivity contribution is 5.94. The van der Waals surface area contributed by atoms with Crippen LogP contribution in [-0.4, -0.2) is 39.0 Å². The molecule has 0 aromatic carbocycles. The third-order valence-corrected chi connectivity index (χ3v) is 4.17. The Morgan fingerprint density at radius 3 is 3.00 bits per heavy atom. The fraction of sp³-hybridized carbons (Fsp3) is 0.294. The molecule has 1 amide bonds. The summed E-state index contributed by atoms with van der Waals surface area (Å²) in [6.07, 6.45) is 3.99. The van der Waals surface area contributed by atoms with Gasteiger partial charge in [-0.25, -0.2) is 0 Å². The molecule has 1 aliphatic rings. The molecule has 1 fully saturated rings. The zero-order valence-corrected chi connectivity index (χ0v) is 13.2. The number of nitrogens with zero attached hydrogens (tertiary/aromatic N) is 4. The minimum Gasteiger partial charge on any atom is -0.459 e. The second kappa shape index (κ2) is 5.92. The molecule has 0 aliphatic carbocycles. The van der Waals surface area contributed by atoms with Crippen molar-refractivity contribution in [2.24, 2.45) is 0 Å². The van der Waals surface area contributed by atoms with Gasteiger partial charge in [-0.15, -0.1) is 0 Å². The first-order chi connectivity index (χ1) is 11.7. The molecule has 4 rings (SSSR count). The highest BCUT2D eigenvalue weighted by atomic mass is 16.5. The van der Waals surface area contributed by atoms with Crippen LogP contribution in [0.2, 0.25) is 0 Å². The largest absolute Gasteiger partial charge is 0.459 e. The monoisotopic (exact) mass is 324 g/mol. The van der Waals surface area contributed by atoms with Crippen LogP contribution in [-0.2, 0) is 0 Å². The highest BCUT2D eigenvalue weighted by Crippen LogP contribution is 2.28. The van der Waals surface area contributed by atoms with Crippen molar-refractivity contribution in [2.45, 2.75) is 19.3 Å². The van der Waals surface area contributed by atoms with Gasteiger partial charge in [0.2, 0.25) is 0 Å². The van der Waals surface area contributed by atoms with Crippen molar-refractivity contribution in [2.75, 3.05) is 13.1 Å². The molecule has 7 heteroatoms. The third-order valence-electron chi connectivity index (χ3n) is 4.17. The van der Waals surface area contributed by atoms with E-state index in [9.17, 15) is 4.79 Å². The molecule has 0 spiro atoms. The number of likely N-dealkylation sites (tertiary alicyclic amines) is 1. The molecular weight excluding hydrogens is 308 g/mol. The van der Waals surface area contributed by atoms with E-state index < -0.39 is 0 Å². The molecule has 1 atom stereocenters. The number of carbonyl (C=O) groups excluding carboxylic acids is 1. The molecule has 0 saturated carbocycles. The second-order valence-corrected chi connectivity index (χ2v) is 5.86. The summed E-state index contributed by atoms with van der Waals surface area (Å²) >= 11 is 0. The van der Waals surface area contributed by atoms with E-state index in [4.69, 9.17) is 8.94 Å². The maximum Gasteiger partial charge on any atom is 0.293 e. The van der Waals surface area contributed by atoms with Gasteiger partial charge in [0.1, 0.15) is 0 Å². The Bertz CT molecular complexity index is 839. The summed E-state index contributed by atoms with van der Waals surface area (Å²) in [6.45, 7) is 3.14. The van der Waals surface area contributed by atoms with Gasteiger partial charge in [0.15, 0.2) is 11.6 Å². The van der Waals surface area contributed by atoms with Crippen molar-refractivity contribution < 1.29 is 13.7 Å². The van der Waals surface area contributed by atoms with Crippen LogP contribution in [0.1, 0.15) is 34.2 Å². The Morgan fingerprint density at radius 1 is 1.33 bits per heavy atom. The highest BCUT2D eigenvalue weighted by Gasteiger charge is 2.31. The van der Waals surface area contributed by atoms with Crippen LogP contribution in [0.5, 0.6) is 0 Å². The number of furan rings is 1. The Hall–Kier alpha value is -2.96. The predicted molar refractivity (Wildman–Crippen MR) is 84.2 cm³/mol. The van der Waals surface area contributed by atoms with Crippen molar-refractivity contribution in [3.63, 3.8) is 0 Å². The summed E-state index contributed by atoms with van der Waals surface area (Å²) in [6, 6.07) is 7.19. The van der Waals surface area contributed by atoms with Gasteiger partial charge >= 0.3 is 0 Å². The van der Waals surface area contributed by atoms with Crippen LogP contribution in [0.15, 0.2) is 45.7 Å². The maximum atomic E-state index is 12.5. The molecule has 0 radical (unpaired) electrons. The molecule has 1 aliphatic heterocycles. The number of pyridine rings is 1. The first kappa shape index (κ1) is 14.6. The third kappa shape index (κ3) is 2.68. The average Bonchev–Trinajstić information content (AvgIpc) is 3.33. The number of rotatable bonds is 3. The molecule has 122 valence electrons. The van der Waals surface area contributed by atoms with Crippen LogP contribution in [0.3, 0.4) is 0 Å². The summed E-state index contributed by atoms with van der Waals surface area (Å²) in [5.41, 5.74) is 1.49. The Kier molecular flexibility index (Phi) is 3.60. The molecule has 0 bridgehead atoms. The van der Waals surface area contributed by atoms with Gasteiger partial charge in [-0.2, -0.15) is 4.98 Å². The smallest absolute Gasteiger partial charge is 0.293 e. The number of carbonyl (C=O) groups is 1. The topological polar surface area (TPSA) is 85.3 Å². The summed E-state index contributed by atoms with van der Waals surface area (Å²) in [5.74, 6) is 1.58. The van der Waals surface area contributed by atoms with Crippen LogP contribution in [0.4, 0.5) is 0 Å². The molecule has 1 saturated heterocycles. The quantitative estimate of drug-likeness (QED) is 0.736. The molecule has 0 N–H and O–H groups in total. The molecule has 24 heavy (non-hydrogen) atoms. The number of hydrogen-bond donors (Lipinski definition) is 0. The first-order valence-electron chi connectivity index (χ1n) is 7.80. The van der Waals surface area contributed by atoms with Gasteiger partial charge in [0.05, 0.1) is 11.8 Å². The van der Waals surface area contributed by atoms with Crippen molar-refractivity contribution in [1.82, 2.24) is 20.0 Å². The average molecular weight is 324 g/mol. The maximum absolute atomic E-state index is 12.5. The summed E-state index contributed by atoms with van der Waals surface area (Å²) < 4.78 is 10.5. The zero-order valence-electron chi connectivity index (χ0n) is 13.2. The van der Waals surface area contributed by atoms with Crippen LogP contribution >= 0.6 is 0 Å². The van der Waals surface area contributed by atoms with Crippen LogP contribution < -0.4 is 0 Å². The molecule has 3 aromatic heterocycles.